The number of halogens is 2. The third-order valence-electron chi connectivity index (χ3n) is 3.47. The molecule has 0 spiro atoms. The van der Waals surface area contributed by atoms with Gasteiger partial charge in [-0.3, -0.25) is 4.79 Å². The Labute approximate surface area is 159 Å². The normalized spacial score (nSPS) is 11.6. The lowest BCUT2D eigenvalue weighted by molar-refractivity contribution is -0.122. The standard InChI is InChI=1S/C18H17BrClNO4/c1-10-8-12(18(23)24-3)4-6-15(10)21-17(22)11(2)25-16-7-5-13(20)9-14(16)19/h4-9,11H,1-3H3,(H,21,22)/t11-/m1/s1. The van der Waals surface area contributed by atoms with Crippen molar-refractivity contribution in [3.05, 3.63) is 57.0 Å². The van der Waals surface area contributed by atoms with Crippen molar-refractivity contribution in [2.75, 3.05) is 12.4 Å². The van der Waals surface area contributed by atoms with Gasteiger partial charge in [0.05, 0.1) is 17.1 Å². The molecular weight excluding hydrogens is 410 g/mol. The molecular formula is C18H17BrClNO4. The first-order valence-electron chi connectivity index (χ1n) is 7.43. The molecule has 0 bridgehead atoms. The Morgan fingerprint density at radius 1 is 1.20 bits per heavy atom. The van der Waals surface area contributed by atoms with E-state index in [0.29, 0.717) is 26.5 Å². The molecule has 1 N–H and O–H groups in total. The molecule has 132 valence electrons. The lowest BCUT2D eigenvalue weighted by Gasteiger charge is -2.17. The van der Waals surface area contributed by atoms with E-state index in [4.69, 9.17) is 16.3 Å². The smallest absolute Gasteiger partial charge is 0.337 e. The molecule has 0 saturated carbocycles. The van der Waals surface area contributed by atoms with Crippen LogP contribution in [0, 0.1) is 6.92 Å². The van der Waals surface area contributed by atoms with Gasteiger partial charge in [0, 0.05) is 10.7 Å². The molecule has 1 amide bonds. The summed E-state index contributed by atoms with van der Waals surface area (Å²) in [6, 6.07) is 9.97. The van der Waals surface area contributed by atoms with Gasteiger partial charge in [-0.15, -0.1) is 0 Å². The van der Waals surface area contributed by atoms with Crippen molar-refractivity contribution >= 4 is 45.1 Å². The molecule has 25 heavy (non-hydrogen) atoms. The molecule has 0 aliphatic carbocycles. The number of nitrogens with one attached hydrogen (secondary N) is 1. The summed E-state index contributed by atoms with van der Waals surface area (Å²) in [5.41, 5.74) is 1.77. The van der Waals surface area contributed by atoms with Crippen LogP contribution in [0.15, 0.2) is 40.9 Å². The topological polar surface area (TPSA) is 64.6 Å². The van der Waals surface area contributed by atoms with Gasteiger partial charge in [-0.1, -0.05) is 11.6 Å². The highest BCUT2D eigenvalue weighted by molar-refractivity contribution is 9.10. The summed E-state index contributed by atoms with van der Waals surface area (Å²) in [5, 5.41) is 3.36. The van der Waals surface area contributed by atoms with E-state index in [1.165, 1.54) is 7.11 Å². The van der Waals surface area contributed by atoms with Gasteiger partial charge in [0.15, 0.2) is 6.10 Å². The number of rotatable bonds is 5. The number of amides is 1. The summed E-state index contributed by atoms with van der Waals surface area (Å²) in [6.07, 6.45) is -0.725. The van der Waals surface area contributed by atoms with Crippen LogP contribution < -0.4 is 10.1 Å². The van der Waals surface area contributed by atoms with Crippen LogP contribution >= 0.6 is 27.5 Å². The molecule has 0 fully saturated rings. The zero-order valence-electron chi connectivity index (χ0n) is 13.9. The van der Waals surface area contributed by atoms with Crippen molar-refractivity contribution in [3.8, 4) is 5.75 Å². The van der Waals surface area contributed by atoms with E-state index in [9.17, 15) is 9.59 Å². The van der Waals surface area contributed by atoms with E-state index in [1.54, 1.807) is 50.2 Å². The molecule has 0 heterocycles. The molecule has 2 rings (SSSR count). The Kier molecular flexibility index (Phi) is 6.45. The fourth-order valence-corrected chi connectivity index (χ4v) is 2.87. The second-order valence-corrected chi connectivity index (χ2v) is 6.64. The highest BCUT2D eigenvalue weighted by Crippen LogP contribution is 2.29. The zero-order valence-corrected chi connectivity index (χ0v) is 16.3. The molecule has 0 saturated heterocycles. The first kappa shape index (κ1) is 19.3. The number of carbonyl (C=O) groups is 2. The molecule has 5 nitrogen and oxygen atoms in total. The lowest BCUT2D eigenvalue weighted by Crippen LogP contribution is -2.30. The van der Waals surface area contributed by atoms with Crippen LogP contribution in [0.4, 0.5) is 5.69 Å². The molecule has 7 heteroatoms. The van der Waals surface area contributed by atoms with Gasteiger partial charge in [0.2, 0.25) is 0 Å². The molecule has 0 aliphatic rings. The Hall–Kier alpha value is -2.05. The van der Waals surface area contributed by atoms with Crippen LogP contribution in [-0.4, -0.2) is 25.1 Å². The second-order valence-electron chi connectivity index (χ2n) is 5.35. The average molecular weight is 427 g/mol. The van der Waals surface area contributed by atoms with E-state index in [1.807, 2.05) is 0 Å². The van der Waals surface area contributed by atoms with Crippen molar-refractivity contribution in [1.82, 2.24) is 0 Å². The molecule has 0 aromatic heterocycles. The van der Waals surface area contributed by atoms with Gasteiger partial charge in [-0.25, -0.2) is 4.79 Å². The molecule has 1 atom stereocenters. The highest BCUT2D eigenvalue weighted by Gasteiger charge is 2.17. The van der Waals surface area contributed by atoms with Gasteiger partial charge in [0.1, 0.15) is 5.75 Å². The molecule has 0 unspecified atom stereocenters. The predicted octanol–water partition coefficient (Wildman–Crippen LogP) is 4.60. The van der Waals surface area contributed by atoms with Crippen LogP contribution in [0.1, 0.15) is 22.8 Å². The van der Waals surface area contributed by atoms with Crippen molar-refractivity contribution in [3.63, 3.8) is 0 Å². The molecule has 0 aliphatic heterocycles. The van der Waals surface area contributed by atoms with E-state index >= 15 is 0 Å². The van der Waals surface area contributed by atoms with E-state index in [0.717, 1.165) is 5.56 Å². The highest BCUT2D eigenvalue weighted by atomic mass is 79.9. The minimum absolute atomic E-state index is 0.309. The first-order chi connectivity index (χ1) is 11.8. The third-order valence-corrected chi connectivity index (χ3v) is 4.33. The summed E-state index contributed by atoms with van der Waals surface area (Å²) < 4.78 is 11.0. The first-order valence-corrected chi connectivity index (χ1v) is 8.60. The monoisotopic (exact) mass is 425 g/mol. The number of methoxy groups -OCH3 is 1. The number of esters is 1. The Balaban J connectivity index is 2.07. The van der Waals surface area contributed by atoms with Crippen LogP contribution in [0.2, 0.25) is 5.02 Å². The van der Waals surface area contributed by atoms with Crippen LogP contribution in [0.25, 0.3) is 0 Å². The summed E-state index contributed by atoms with van der Waals surface area (Å²) in [7, 11) is 1.32. The summed E-state index contributed by atoms with van der Waals surface area (Å²) in [4.78, 5) is 23.9. The van der Waals surface area contributed by atoms with Crippen LogP contribution in [0.3, 0.4) is 0 Å². The van der Waals surface area contributed by atoms with Crippen molar-refractivity contribution in [1.29, 1.82) is 0 Å². The van der Waals surface area contributed by atoms with Gasteiger partial charge in [-0.2, -0.15) is 0 Å². The third kappa shape index (κ3) is 4.96. The Morgan fingerprint density at radius 2 is 1.92 bits per heavy atom. The minimum Gasteiger partial charge on any atom is -0.480 e. The van der Waals surface area contributed by atoms with Crippen LogP contribution in [-0.2, 0) is 9.53 Å². The van der Waals surface area contributed by atoms with Gasteiger partial charge in [0.25, 0.3) is 5.91 Å². The van der Waals surface area contributed by atoms with Crippen LogP contribution in [0.5, 0.6) is 5.75 Å². The lowest BCUT2D eigenvalue weighted by atomic mass is 10.1. The number of anilines is 1. The summed E-state index contributed by atoms with van der Waals surface area (Å²) >= 11 is 9.24. The molecule has 2 aromatic rings. The van der Waals surface area contributed by atoms with Gasteiger partial charge >= 0.3 is 5.97 Å². The van der Waals surface area contributed by atoms with E-state index in [-0.39, 0.29) is 5.91 Å². The zero-order chi connectivity index (χ0) is 18.6. The average Bonchev–Trinajstić information content (AvgIpc) is 2.58. The Bertz CT molecular complexity index is 810. The number of ether oxygens (including phenoxy) is 2. The van der Waals surface area contributed by atoms with E-state index < -0.39 is 12.1 Å². The maximum Gasteiger partial charge on any atom is 0.337 e. The Morgan fingerprint density at radius 3 is 2.52 bits per heavy atom. The largest absolute Gasteiger partial charge is 0.480 e. The SMILES string of the molecule is COC(=O)c1ccc(NC(=O)[C@@H](C)Oc2ccc(Cl)cc2Br)c(C)c1. The maximum atomic E-state index is 12.4. The number of hydrogen-bond acceptors (Lipinski definition) is 4. The minimum atomic E-state index is -0.725. The van der Waals surface area contributed by atoms with Crippen molar-refractivity contribution in [2.45, 2.75) is 20.0 Å². The number of hydrogen-bond donors (Lipinski definition) is 1. The predicted molar refractivity (Wildman–Crippen MR) is 100 cm³/mol. The van der Waals surface area contributed by atoms with Crippen molar-refractivity contribution < 1.29 is 19.1 Å². The number of benzene rings is 2. The quantitative estimate of drug-likeness (QED) is 0.710. The summed E-state index contributed by atoms with van der Waals surface area (Å²) in [6.45, 7) is 3.44. The fourth-order valence-electron chi connectivity index (χ4n) is 2.10. The van der Waals surface area contributed by atoms with Gasteiger partial charge in [-0.05, 0) is 71.7 Å². The second kappa shape index (κ2) is 8.36. The molecule has 0 radical (unpaired) electrons. The number of carbonyl (C=O) groups excluding carboxylic acids is 2. The van der Waals surface area contributed by atoms with E-state index in [2.05, 4.69) is 26.0 Å². The van der Waals surface area contributed by atoms with Crippen molar-refractivity contribution in [2.24, 2.45) is 0 Å². The fraction of sp³-hybridized carbons (Fsp3) is 0.222. The molecule has 2 aromatic carbocycles. The summed E-state index contributed by atoms with van der Waals surface area (Å²) in [5.74, 6) is -0.217. The number of aryl methyl sites for hydroxylation is 1. The van der Waals surface area contributed by atoms with Gasteiger partial charge < -0.3 is 14.8 Å². The maximum absolute atomic E-state index is 12.4.